The number of benzene rings is 6. The molecule has 0 aliphatic rings. The lowest BCUT2D eigenvalue weighted by Crippen LogP contribution is -2.00. The summed E-state index contributed by atoms with van der Waals surface area (Å²) in [5.74, 6) is 1.91. The number of hydrogen-bond donors (Lipinski definition) is 0. The summed E-state index contributed by atoms with van der Waals surface area (Å²) in [6, 6.07) is 56.6. The molecule has 0 radical (unpaired) electrons. The van der Waals surface area contributed by atoms with Gasteiger partial charge >= 0.3 is 0 Å². The molecule has 0 aliphatic heterocycles. The summed E-state index contributed by atoms with van der Waals surface area (Å²) in [7, 11) is 0. The lowest BCUT2D eigenvalue weighted by atomic mass is 10.00. The first-order chi connectivity index (χ1) is 26.2. The van der Waals surface area contributed by atoms with Crippen LogP contribution in [0.3, 0.4) is 0 Å². The van der Waals surface area contributed by atoms with Gasteiger partial charge in [0.2, 0.25) is 0 Å². The van der Waals surface area contributed by atoms with Crippen LogP contribution in [0.15, 0.2) is 176 Å². The van der Waals surface area contributed by atoms with Gasteiger partial charge in [-0.15, -0.1) is 11.3 Å². The van der Waals surface area contributed by atoms with Crippen LogP contribution < -0.4 is 0 Å². The third-order valence-electron chi connectivity index (χ3n) is 9.66. The molecule has 0 N–H and O–H groups in total. The molecule has 0 spiro atoms. The molecule has 0 saturated carbocycles. The van der Waals surface area contributed by atoms with E-state index in [1.165, 1.54) is 25.7 Å². The van der Waals surface area contributed by atoms with Gasteiger partial charge in [-0.1, -0.05) is 152 Å². The second kappa shape index (κ2) is 13.0. The van der Waals surface area contributed by atoms with E-state index in [0.29, 0.717) is 17.5 Å². The third-order valence-corrected chi connectivity index (χ3v) is 10.8. The van der Waals surface area contributed by atoms with Crippen molar-refractivity contribution in [2.75, 3.05) is 0 Å². The predicted molar refractivity (Wildman–Crippen MR) is 218 cm³/mol. The summed E-state index contributed by atoms with van der Waals surface area (Å²) in [5.41, 5.74) is 10.4. The van der Waals surface area contributed by atoms with Crippen molar-refractivity contribution in [1.82, 2.24) is 24.9 Å². The number of rotatable bonds is 6. The summed E-state index contributed by atoms with van der Waals surface area (Å²) < 4.78 is 2.43. The standard InChI is InChI=1S/C47H29N5S/c1-3-9-30(10-4-1)31-17-23-36(24-18-31)46-50-45(35-11-5-2-6-12-35)51-47(52-46)37-25-19-33(20-26-37)32-15-21-34(22-16-32)43-44-42(38-13-7-8-14-41(38)53-44)39-29-48-28-27-40(39)49-43/h1-29H. The molecule has 10 aromatic rings. The largest absolute Gasteiger partial charge is 0.264 e. The van der Waals surface area contributed by atoms with E-state index >= 15 is 0 Å². The molecule has 0 saturated heterocycles. The molecule has 6 heteroatoms. The first-order valence-corrected chi connectivity index (χ1v) is 18.3. The third kappa shape index (κ3) is 5.72. The predicted octanol–water partition coefficient (Wildman–Crippen LogP) is 12.2. The Hall–Kier alpha value is -6.89. The maximum atomic E-state index is 5.14. The monoisotopic (exact) mass is 695 g/mol. The molecule has 0 atom stereocenters. The molecule has 0 bridgehead atoms. The number of pyridine rings is 2. The van der Waals surface area contributed by atoms with E-state index in [2.05, 4.69) is 126 Å². The van der Waals surface area contributed by atoms with Crippen LogP contribution >= 0.6 is 11.3 Å². The number of thiophene rings is 1. The fourth-order valence-corrected chi connectivity index (χ4v) is 8.18. The average Bonchev–Trinajstić information content (AvgIpc) is 3.64. The summed E-state index contributed by atoms with van der Waals surface area (Å²) in [5, 5.41) is 3.55. The fourth-order valence-electron chi connectivity index (χ4n) is 6.95. The molecule has 248 valence electrons. The summed E-state index contributed by atoms with van der Waals surface area (Å²) >= 11 is 1.79. The van der Waals surface area contributed by atoms with Crippen molar-refractivity contribution in [3.05, 3.63) is 176 Å². The zero-order chi connectivity index (χ0) is 35.1. The van der Waals surface area contributed by atoms with E-state index in [9.17, 15) is 0 Å². The molecule has 5 nitrogen and oxygen atoms in total. The minimum absolute atomic E-state index is 0.632. The van der Waals surface area contributed by atoms with E-state index in [4.69, 9.17) is 19.9 Å². The zero-order valence-electron chi connectivity index (χ0n) is 28.4. The average molecular weight is 696 g/mol. The second-order valence-corrected chi connectivity index (χ2v) is 14.0. The molecule has 6 aromatic carbocycles. The molecular weight excluding hydrogens is 667 g/mol. The normalized spacial score (nSPS) is 11.4. The minimum atomic E-state index is 0.632. The smallest absolute Gasteiger partial charge is 0.164 e. The van der Waals surface area contributed by atoms with Gasteiger partial charge in [0.15, 0.2) is 17.5 Å². The van der Waals surface area contributed by atoms with Crippen LogP contribution in [0, 0.1) is 0 Å². The highest BCUT2D eigenvalue weighted by molar-refractivity contribution is 7.26. The molecule has 0 aliphatic carbocycles. The van der Waals surface area contributed by atoms with Crippen LogP contribution in [0.4, 0.5) is 0 Å². The fraction of sp³-hybridized carbons (Fsp3) is 0. The first-order valence-electron chi connectivity index (χ1n) is 17.5. The van der Waals surface area contributed by atoms with Crippen molar-refractivity contribution in [3.8, 4) is 67.7 Å². The minimum Gasteiger partial charge on any atom is -0.264 e. The van der Waals surface area contributed by atoms with Crippen molar-refractivity contribution in [1.29, 1.82) is 0 Å². The van der Waals surface area contributed by atoms with Crippen LogP contribution in [-0.2, 0) is 0 Å². The zero-order valence-corrected chi connectivity index (χ0v) is 29.2. The number of aromatic nitrogens is 5. The molecule has 4 heterocycles. The van der Waals surface area contributed by atoms with Crippen molar-refractivity contribution in [2.24, 2.45) is 0 Å². The van der Waals surface area contributed by atoms with Gasteiger partial charge in [0.05, 0.1) is 15.9 Å². The van der Waals surface area contributed by atoms with Crippen molar-refractivity contribution >= 4 is 42.4 Å². The summed E-state index contributed by atoms with van der Waals surface area (Å²) in [6.45, 7) is 0. The van der Waals surface area contributed by atoms with Crippen LogP contribution in [0.5, 0.6) is 0 Å². The van der Waals surface area contributed by atoms with Crippen molar-refractivity contribution < 1.29 is 0 Å². The molecular formula is C47H29N5S. The number of fused-ring (bicyclic) bond motifs is 5. The quantitative estimate of drug-likeness (QED) is 0.173. The Kier molecular flexibility index (Phi) is 7.59. The van der Waals surface area contributed by atoms with Crippen LogP contribution in [0.2, 0.25) is 0 Å². The van der Waals surface area contributed by atoms with E-state index in [1.54, 1.807) is 11.3 Å². The SMILES string of the molecule is c1ccc(-c2ccc(-c3nc(-c4ccccc4)nc(-c4ccc(-c5ccc(-c6nc7ccncc7c7c6sc6ccccc67)cc5)cc4)n3)cc2)cc1. The molecule has 53 heavy (non-hydrogen) atoms. The van der Waals surface area contributed by atoms with Crippen LogP contribution in [-0.4, -0.2) is 24.9 Å². The molecule has 0 fully saturated rings. The van der Waals surface area contributed by atoms with Crippen LogP contribution in [0.1, 0.15) is 0 Å². The van der Waals surface area contributed by atoms with Gasteiger partial charge in [-0.05, 0) is 34.4 Å². The highest BCUT2D eigenvalue weighted by Gasteiger charge is 2.17. The van der Waals surface area contributed by atoms with Crippen molar-refractivity contribution in [2.45, 2.75) is 0 Å². The Labute approximate surface area is 310 Å². The van der Waals surface area contributed by atoms with E-state index in [0.717, 1.165) is 55.5 Å². The van der Waals surface area contributed by atoms with Crippen molar-refractivity contribution in [3.63, 3.8) is 0 Å². The molecule has 10 rings (SSSR count). The first kappa shape index (κ1) is 30.9. The Morgan fingerprint density at radius 2 is 0.811 bits per heavy atom. The van der Waals surface area contributed by atoms with E-state index in [1.807, 2.05) is 54.9 Å². The Balaban J connectivity index is 0.989. The lowest BCUT2D eigenvalue weighted by molar-refractivity contribution is 1.07. The van der Waals surface area contributed by atoms with Gasteiger partial charge in [-0.3, -0.25) is 4.98 Å². The summed E-state index contributed by atoms with van der Waals surface area (Å²) in [6.07, 6.45) is 3.75. The number of hydrogen-bond acceptors (Lipinski definition) is 6. The van der Waals surface area contributed by atoms with Gasteiger partial charge in [0.1, 0.15) is 0 Å². The molecule has 0 unspecified atom stereocenters. The maximum Gasteiger partial charge on any atom is 0.164 e. The highest BCUT2D eigenvalue weighted by Crippen LogP contribution is 2.42. The maximum absolute atomic E-state index is 5.14. The molecule has 4 aromatic heterocycles. The van der Waals surface area contributed by atoms with E-state index in [-0.39, 0.29) is 0 Å². The summed E-state index contributed by atoms with van der Waals surface area (Å²) in [4.78, 5) is 24.4. The van der Waals surface area contributed by atoms with Crippen LogP contribution in [0.25, 0.3) is 98.7 Å². The number of nitrogens with zero attached hydrogens (tertiary/aromatic N) is 5. The molecule has 0 amide bonds. The highest BCUT2D eigenvalue weighted by atomic mass is 32.1. The Morgan fingerprint density at radius 1 is 0.358 bits per heavy atom. The Bertz CT molecular complexity index is 2900. The van der Waals surface area contributed by atoms with Gasteiger partial charge in [-0.2, -0.15) is 0 Å². The topological polar surface area (TPSA) is 64.5 Å². The van der Waals surface area contributed by atoms with E-state index < -0.39 is 0 Å². The van der Waals surface area contributed by atoms with Gasteiger partial charge in [0.25, 0.3) is 0 Å². The van der Waals surface area contributed by atoms with Gasteiger partial charge in [0, 0.05) is 55.5 Å². The van der Waals surface area contributed by atoms with Gasteiger partial charge < -0.3 is 0 Å². The second-order valence-electron chi connectivity index (χ2n) is 12.9. The lowest BCUT2D eigenvalue weighted by Gasteiger charge is -2.10. The van der Waals surface area contributed by atoms with Gasteiger partial charge in [-0.25, -0.2) is 19.9 Å². The Morgan fingerprint density at radius 3 is 1.40 bits per heavy atom.